The molecule has 0 unspecified atom stereocenters. The Morgan fingerprint density at radius 2 is 1.52 bits per heavy atom. The van der Waals surface area contributed by atoms with Crippen LogP contribution in [0.5, 0.6) is 17.2 Å². The molecule has 1 fully saturated rings. The van der Waals surface area contributed by atoms with Gasteiger partial charge in [0.15, 0.2) is 11.5 Å². The molecule has 33 heavy (non-hydrogen) atoms. The van der Waals surface area contributed by atoms with Crippen molar-refractivity contribution in [2.24, 2.45) is 0 Å². The number of carbonyl (C=O) groups is 2. The van der Waals surface area contributed by atoms with Crippen LogP contribution in [-0.2, 0) is 4.79 Å². The minimum atomic E-state index is -0.544. The molecule has 1 aliphatic rings. The maximum absolute atomic E-state index is 13.1. The molecule has 0 spiro atoms. The summed E-state index contributed by atoms with van der Waals surface area (Å²) in [7, 11) is 4.34. The molecule has 2 N–H and O–H groups in total. The highest BCUT2D eigenvalue weighted by Gasteiger charge is 2.22. The van der Waals surface area contributed by atoms with E-state index >= 15 is 0 Å². The molecule has 1 aliphatic heterocycles. The van der Waals surface area contributed by atoms with Crippen LogP contribution in [0.4, 0.5) is 10.1 Å². The van der Waals surface area contributed by atoms with E-state index in [1.54, 1.807) is 18.2 Å². The average Bonchev–Trinajstić information content (AvgIpc) is 2.82. The minimum Gasteiger partial charge on any atom is -0.493 e. The number of amides is 2. The number of carbonyl (C=O) groups excluding carboxylic acids is 2. The molecule has 0 saturated carbocycles. The molecule has 180 valence electrons. The van der Waals surface area contributed by atoms with Crippen molar-refractivity contribution >= 4 is 29.9 Å². The van der Waals surface area contributed by atoms with Gasteiger partial charge in [0, 0.05) is 31.9 Å². The molecule has 9 nitrogen and oxygen atoms in total. The first-order valence-electron chi connectivity index (χ1n) is 10.1. The zero-order chi connectivity index (χ0) is 23.1. The summed E-state index contributed by atoms with van der Waals surface area (Å²) in [6.07, 6.45) is 0. The Bertz CT molecular complexity index is 953. The Morgan fingerprint density at radius 3 is 2.09 bits per heavy atom. The van der Waals surface area contributed by atoms with Crippen LogP contribution in [0, 0.1) is 5.82 Å². The molecule has 0 aromatic heterocycles. The highest BCUT2D eigenvalue weighted by atomic mass is 35.5. The number of rotatable bonds is 7. The van der Waals surface area contributed by atoms with Gasteiger partial charge in [0.2, 0.25) is 5.75 Å². The van der Waals surface area contributed by atoms with Crippen molar-refractivity contribution < 1.29 is 28.2 Å². The Balaban J connectivity index is 0.00000385. The fourth-order valence-electron chi connectivity index (χ4n) is 3.53. The number of benzene rings is 2. The van der Waals surface area contributed by atoms with Crippen LogP contribution >= 0.6 is 12.4 Å². The second-order valence-electron chi connectivity index (χ2n) is 7.12. The number of hydrogen-bond acceptors (Lipinski definition) is 7. The first-order valence-corrected chi connectivity index (χ1v) is 10.1. The topological polar surface area (TPSA) is 92.4 Å². The molecule has 0 radical (unpaired) electrons. The Labute approximate surface area is 198 Å². The van der Waals surface area contributed by atoms with Gasteiger partial charge in [-0.2, -0.15) is 0 Å². The Hall–Kier alpha value is -3.24. The van der Waals surface area contributed by atoms with E-state index < -0.39 is 5.91 Å². The van der Waals surface area contributed by atoms with E-state index in [4.69, 9.17) is 14.2 Å². The van der Waals surface area contributed by atoms with E-state index in [1.165, 1.54) is 39.5 Å². The number of nitrogens with one attached hydrogen (secondary N) is 2. The molecule has 0 atom stereocenters. The summed E-state index contributed by atoms with van der Waals surface area (Å²) >= 11 is 0. The molecule has 2 aromatic rings. The zero-order valence-electron chi connectivity index (χ0n) is 18.7. The minimum absolute atomic E-state index is 0. The van der Waals surface area contributed by atoms with Crippen molar-refractivity contribution in [3.63, 3.8) is 0 Å². The van der Waals surface area contributed by atoms with Crippen LogP contribution in [0.1, 0.15) is 10.4 Å². The Kier molecular flexibility index (Phi) is 9.56. The fourth-order valence-corrected chi connectivity index (χ4v) is 3.53. The number of methoxy groups -OCH3 is 3. The van der Waals surface area contributed by atoms with E-state index in [-0.39, 0.29) is 47.7 Å². The summed E-state index contributed by atoms with van der Waals surface area (Å²) in [6, 6.07) is 9.47. The maximum atomic E-state index is 13.1. The van der Waals surface area contributed by atoms with E-state index in [1.807, 2.05) is 4.90 Å². The van der Waals surface area contributed by atoms with Crippen molar-refractivity contribution in [2.45, 2.75) is 0 Å². The van der Waals surface area contributed by atoms with Gasteiger partial charge in [0.05, 0.1) is 33.4 Å². The fraction of sp³-hybridized carbons (Fsp3) is 0.364. The summed E-state index contributed by atoms with van der Waals surface area (Å²) in [4.78, 5) is 29.0. The second kappa shape index (κ2) is 12.1. The van der Waals surface area contributed by atoms with Gasteiger partial charge in [-0.1, -0.05) is 0 Å². The number of halogens is 2. The quantitative estimate of drug-likeness (QED) is 0.582. The van der Waals surface area contributed by atoms with Gasteiger partial charge in [-0.15, -0.1) is 12.4 Å². The van der Waals surface area contributed by atoms with Crippen molar-refractivity contribution in [1.82, 2.24) is 15.8 Å². The van der Waals surface area contributed by atoms with Gasteiger partial charge in [-0.3, -0.25) is 25.3 Å². The molecule has 0 bridgehead atoms. The van der Waals surface area contributed by atoms with Gasteiger partial charge in [-0.25, -0.2) is 4.39 Å². The lowest BCUT2D eigenvalue weighted by Gasteiger charge is -2.35. The van der Waals surface area contributed by atoms with Crippen LogP contribution in [0.15, 0.2) is 36.4 Å². The van der Waals surface area contributed by atoms with Crippen LogP contribution in [0.3, 0.4) is 0 Å². The standard InChI is InChI=1S/C22H27FN4O5.ClH/c1-30-18-9-8-17(20(31-2)21(18)32-3)22(29)25-24-19(28)14-26-10-12-27(13-11-26)16-6-4-15(23)5-7-16;/h4-9H,10-14H2,1-3H3,(H,24,28)(H,25,29);1H. The maximum Gasteiger partial charge on any atom is 0.273 e. The first kappa shape index (κ1) is 26.0. The summed E-state index contributed by atoms with van der Waals surface area (Å²) in [5, 5.41) is 0. The lowest BCUT2D eigenvalue weighted by atomic mass is 10.1. The summed E-state index contributed by atoms with van der Waals surface area (Å²) in [5.41, 5.74) is 5.98. The third-order valence-electron chi connectivity index (χ3n) is 5.20. The SMILES string of the molecule is COc1ccc(C(=O)NNC(=O)CN2CCN(c3ccc(F)cc3)CC2)c(OC)c1OC.Cl. The number of anilines is 1. The Morgan fingerprint density at radius 1 is 0.879 bits per heavy atom. The third-order valence-corrected chi connectivity index (χ3v) is 5.20. The highest BCUT2D eigenvalue weighted by molar-refractivity contribution is 5.99. The summed E-state index contributed by atoms with van der Waals surface area (Å²) in [6.45, 7) is 2.91. The highest BCUT2D eigenvalue weighted by Crippen LogP contribution is 2.39. The molecule has 1 saturated heterocycles. The third kappa shape index (κ3) is 6.39. The monoisotopic (exact) mass is 482 g/mol. The van der Waals surface area contributed by atoms with E-state index in [9.17, 15) is 14.0 Å². The van der Waals surface area contributed by atoms with Gasteiger partial charge in [0.25, 0.3) is 11.8 Å². The lowest BCUT2D eigenvalue weighted by molar-refractivity contribution is -0.123. The van der Waals surface area contributed by atoms with Crippen LogP contribution in [-0.4, -0.2) is 70.8 Å². The molecule has 2 aromatic carbocycles. The molecule has 11 heteroatoms. The van der Waals surface area contributed by atoms with Crippen molar-refractivity contribution in [3.05, 3.63) is 47.8 Å². The van der Waals surface area contributed by atoms with Crippen LogP contribution < -0.4 is 30.0 Å². The van der Waals surface area contributed by atoms with Crippen molar-refractivity contribution in [3.8, 4) is 17.2 Å². The number of hydrazine groups is 1. The van der Waals surface area contributed by atoms with Gasteiger partial charge in [0.1, 0.15) is 5.82 Å². The predicted molar refractivity (Wildman–Crippen MR) is 124 cm³/mol. The molecular weight excluding hydrogens is 455 g/mol. The van der Waals surface area contributed by atoms with Gasteiger partial charge < -0.3 is 19.1 Å². The molecule has 2 amide bonds. The van der Waals surface area contributed by atoms with E-state index in [0.717, 1.165) is 5.69 Å². The normalized spacial score (nSPS) is 13.5. The second-order valence-corrected chi connectivity index (χ2v) is 7.12. The molecule has 1 heterocycles. The zero-order valence-corrected chi connectivity index (χ0v) is 19.5. The van der Waals surface area contributed by atoms with Crippen LogP contribution in [0.25, 0.3) is 0 Å². The van der Waals surface area contributed by atoms with Gasteiger partial charge >= 0.3 is 0 Å². The van der Waals surface area contributed by atoms with Gasteiger partial charge in [-0.05, 0) is 36.4 Å². The van der Waals surface area contributed by atoms with Crippen molar-refractivity contribution in [2.75, 3.05) is 59.0 Å². The molecular formula is C22H28ClFN4O5. The number of piperazine rings is 1. The number of hydrogen-bond donors (Lipinski definition) is 2. The largest absolute Gasteiger partial charge is 0.493 e. The first-order chi connectivity index (χ1) is 15.5. The van der Waals surface area contributed by atoms with Crippen molar-refractivity contribution in [1.29, 1.82) is 0 Å². The van der Waals surface area contributed by atoms with Crippen LogP contribution in [0.2, 0.25) is 0 Å². The van der Waals surface area contributed by atoms with E-state index in [2.05, 4.69) is 15.8 Å². The number of nitrogens with zero attached hydrogens (tertiary/aromatic N) is 2. The average molecular weight is 483 g/mol. The lowest BCUT2D eigenvalue weighted by Crippen LogP contribution is -2.52. The predicted octanol–water partition coefficient (Wildman–Crippen LogP) is 1.86. The number of ether oxygens (including phenoxy) is 3. The smallest absolute Gasteiger partial charge is 0.273 e. The molecule has 3 rings (SSSR count). The summed E-state index contributed by atoms with van der Waals surface area (Å²) < 4.78 is 28.9. The summed E-state index contributed by atoms with van der Waals surface area (Å²) in [5.74, 6) is -0.240. The molecule has 0 aliphatic carbocycles. The van der Waals surface area contributed by atoms with E-state index in [0.29, 0.717) is 31.9 Å².